The van der Waals surface area contributed by atoms with Crippen molar-refractivity contribution in [2.24, 2.45) is 5.92 Å². The third kappa shape index (κ3) is 6.62. The molecule has 1 aromatic carbocycles. The summed E-state index contributed by atoms with van der Waals surface area (Å²) in [6.07, 6.45) is 2.05. The molecule has 1 aliphatic heterocycles. The first kappa shape index (κ1) is 23.0. The normalized spacial score (nSPS) is 15.3. The van der Waals surface area contributed by atoms with Crippen LogP contribution in [0.3, 0.4) is 0 Å². The molecule has 0 spiro atoms. The lowest BCUT2D eigenvalue weighted by Gasteiger charge is -2.32. The minimum absolute atomic E-state index is 0.0562. The van der Waals surface area contributed by atoms with Crippen LogP contribution in [0, 0.1) is 5.92 Å². The summed E-state index contributed by atoms with van der Waals surface area (Å²) in [6.45, 7) is 6.36. The molecule has 0 atom stereocenters. The predicted molar refractivity (Wildman–Crippen MR) is 110 cm³/mol. The van der Waals surface area contributed by atoms with E-state index in [0.717, 1.165) is 10.6 Å². The number of hydrogen-bond acceptors (Lipinski definition) is 6. The first-order valence-electron chi connectivity index (χ1n) is 9.80. The van der Waals surface area contributed by atoms with Gasteiger partial charge < -0.3 is 14.4 Å². The fourth-order valence-electron chi connectivity index (χ4n) is 3.23. The Labute approximate surface area is 172 Å². The minimum atomic E-state index is -3.67. The van der Waals surface area contributed by atoms with Gasteiger partial charge in [0.1, 0.15) is 12.3 Å². The molecule has 1 fully saturated rings. The predicted octanol–water partition coefficient (Wildman–Crippen LogP) is 2.04. The number of anilines is 1. The number of rotatable bonds is 8. The lowest BCUT2D eigenvalue weighted by atomic mass is 9.97. The van der Waals surface area contributed by atoms with Crippen molar-refractivity contribution < 1.29 is 27.5 Å². The summed E-state index contributed by atoms with van der Waals surface area (Å²) in [4.78, 5) is 26.2. The second-order valence-electron chi connectivity index (χ2n) is 7.34. The average molecular weight is 427 g/mol. The average Bonchev–Trinajstić information content (AvgIpc) is 2.65. The number of nitrogens with zero attached hydrogens (tertiary/aromatic N) is 2. The monoisotopic (exact) mass is 426 g/mol. The first-order valence-corrected chi connectivity index (χ1v) is 11.7. The van der Waals surface area contributed by atoms with Gasteiger partial charge in [-0.1, -0.05) is 6.07 Å². The zero-order valence-corrected chi connectivity index (χ0v) is 18.3. The number of benzene rings is 1. The maximum absolute atomic E-state index is 12.8. The third-order valence-electron chi connectivity index (χ3n) is 4.62. The number of sulfonamides is 1. The Hall–Kier alpha value is -2.29. The first-order chi connectivity index (χ1) is 13.6. The van der Waals surface area contributed by atoms with Crippen LogP contribution in [-0.4, -0.2) is 63.8 Å². The number of ether oxygens (including phenoxy) is 2. The fourth-order valence-corrected chi connectivity index (χ4v) is 4.07. The van der Waals surface area contributed by atoms with E-state index in [2.05, 4.69) is 0 Å². The Balaban J connectivity index is 2.08. The van der Waals surface area contributed by atoms with Crippen LogP contribution in [-0.2, 0) is 24.3 Å². The van der Waals surface area contributed by atoms with E-state index in [4.69, 9.17) is 9.47 Å². The Morgan fingerprint density at radius 3 is 2.45 bits per heavy atom. The molecule has 8 nitrogen and oxygen atoms in total. The quantitative estimate of drug-likeness (QED) is 0.591. The van der Waals surface area contributed by atoms with E-state index in [0.29, 0.717) is 44.0 Å². The van der Waals surface area contributed by atoms with Crippen molar-refractivity contribution >= 4 is 27.6 Å². The molecule has 0 bridgehead atoms. The summed E-state index contributed by atoms with van der Waals surface area (Å²) in [5, 5.41) is 0. The number of carbonyl (C=O) groups excluding carboxylic acids is 2. The highest BCUT2D eigenvalue weighted by molar-refractivity contribution is 7.92. The molecular formula is C20H30N2O6S. The number of esters is 1. The Bertz CT molecular complexity index is 816. The van der Waals surface area contributed by atoms with Crippen molar-refractivity contribution in [1.29, 1.82) is 0 Å². The minimum Gasteiger partial charge on any atom is -0.491 e. The highest BCUT2D eigenvalue weighted by atomic mass is 32.2. The van der Waals surface area contributed by atoms with E-state index in [1.165, 1.54) is 0 Å². The molecule has 2 rings (SSSR count). The number of amides is 1. The van der Waals surface area contributed by atoms with Crippen molar-refractivity contribution in [3.63, 3.8) is 0 Å². The molecule has 1 amide bonds. The van der Waals surface area contributed by atoms with Gasteiger partial charge in [-0.15, -0.1) is 0 Å². The molecule has 1 heterocycles. The SMILES string of the molecule is CCOC(=O)C1CCN(C(=O)CN(c2cccc(OC(C)C)c2)S(C)(=O)=O)CC1. The molecule has 9 heteroatoms. The summed E-state index contributed by atoms with van der Waals surface area (Å²) in [7, 11) is -3.67. The van der Waals surface area contributed by atoms with Crippen molar-refractivity contribution in [2.45, 2.75) is 39.7 Å². The maximum Gasteiger partial charge on any atom is 0.309 e. The highest BCUT2D eigenvalue weighted by Crippen LogP contribution is 2.25. The van der Waals surface area contributed by atoms with Crippen LogP contribution in [0.15, 0.2) is 24.3 Å². The number of hydrogen-bond donors (Lipinski definition) is 0. The van der Waals surface area contributed by atoms with Gasteiger partial charge in [0.05, 0.1) is 30.6 Å². The van der Waals surface area contributed by atoms with Crippen LogP contribution >= 0.6 is 0 Å². The Morgan fingerprint density at radius 2 is 1.90 bits per heavy atom. The van der Waals surface area contributed by atoms with E-state index in [-0.39, 0.29) is 30.4 Å². The van der Waals surface area contributed by atoms with Crippen LogP contribution < -0.4 is 9.04 Å². The lowest BCUT2D eigenvalue weighted by Crippen LogP contribution is -2.46. The van der Waals surface area contributed by atoms with Gasteiger partial charge in [0.2, 0.25) is 15.9 Å². The number of piperidine rings is 1. The molecule has 0 unspecified atom stereocenters. The van der Waals surface area contributed by atoms with Gasteiger partial charge in [-0.3, -0.25) is 13.9 Å². The number of likely N-dealkylation sites (tertiary alicyclic amines) is 1. The molecule has 1 aromatic rings. The summed E-state index contributed by atoms with van der Waals surface area (Å²) in [5.74, 6) is -0.212. The van der Waals surface area contributed by atoms with E-state index in [9.17, 15) is 18.0 Å². The van der Waals surface area contributed by atoms with Gasteiger partial charge in [-0.25, -0.2) is 8.42 Å². The Morgan fingerprint density at radius 1 is 1.24 bits per heavy atom. The van der Waals surface area contributed by atoms with E-state index < -0.39 is 10.0 Å². The summed E-state index contributed by atoms with van der Waals surface area (Å²) >= 11 is 0. The van der Waals surface area contributed by atoms with Crippen molar-refractivity contribution in [1.82, 2.24) is 4.90 Å². The smallest absolute Gasteiger partial charge is 0.309 e. The van der Waals surface area contributed by atoms with Crippen LogP contribution in [0.25, 0.3) is 0 Å². The third-order valence-corrected chi connectivity index (χ3v) is 5.76. The van der Waals surface area contributed by atoms with Crippen LogP contribution in [0.1, 0.15) is 33.6 Å². The second-order valence-corrected chi connectivity index (χ2v) is 9.25. The molecule has 1 saturated heterocycles. The molecule has 0 aliphatic carbocycles. The summed E-state index contributed by atoms with van der Waals surface area (Å²) < 4.78 is 36.5. The van der Waals surface area contributed by atoms with Crippen LogP contribution in [0.2, 0.25) is 0 Å². The number of carbonyl (C=O) groups is 2. The largest absolute Gasteiger partial charge is 0.491 e. The van der Waals surface area contributed by atoms with Crippen molar-refractivity contribution in [3.8, 4) is 5.75 Å². The molecule has 0 N–H and O–H groups in total. The van der Waals surface area contributed by atoms with Crippen molar-refractivity contribution in [3.05, 3.63) is 24.3 Å². The maximum atomic E-state index is 12.8. The zero-order chi connectivity index (χ0) is 21.6. The van der Waals surface area contributed by atoms with E-state index in [1.807, 2.05) is 13.8 Å². The van der Waals surface area contributed by atoms with Gasteiger partial charge in [0.15, 0.2) is 0 Å². The topological polar surface area (TPSA) is 93.2 Å². The molecule has 0 radical (unpaired) electrons. The van der Waals surface area contributed by atoms with Crippen LogP contribution in [0.4, 0.5) is 5.69 Å². The second kappa shape index (κ2) is 9.96. The fraction of sp³-hybridized carbons (Fsp3) is 0.600. The lowest BCUT2D eigenvalue weighted by molar-refractivity contribution is -0.151. The highest BCUT2D eigenvalue weighted by Gasteiger charge is 2.30. The van der Waals surface area contributed by atoms with Crippen molar-refractivity contribution in [2.75, 3.05) is 36.8 Å². The van der Waals surface area contributed by atoms with Gasteiger partial charge in [0, 0.05) is 19.2 Å². The van der Waals surface area contributed by atoms with Gasteiger partial charge in [-0.05, 0) is 45.7 Å². The zero-order valence-electron chi connectivity index (χ0n) is 17.5. The molecule has 1 aliphatic rings. The Kier molecular flexibility index (Phi) is 7.89. The molecule has 0 saturated carbocycles. The molecule has 162 valence electrons. The molecular weight excluding hydrogens is 396 g/mol. The van der Waals surface area contributed by atoms with Crippen LogP contribution in [0.5, 0.6) is 5.75 Å². The van der Waals surface area contributed by atoms with E-state index >= 15 is 0 Å². The summed E-state index contributed by atoms with van der Waals surface area (Å²) in [5.41, 5.74) is 0.375. The van der Waals surface area contributed by atoms with Gasteiger partial charge in [0.25, 0.3) is 0 Å². The summed E-state index contributed by atoms with van der Waals surface area (Å²) in [6, 6.07) is 6.68. The van der Waals surface area contributed by atoms with E-state index in [1.54, 1.807) is 36.1 Å². The molecule has 29 heavy (non-hydrogen) atoms. The molecule has 0 aromatic heterocycles. The van der Waals surface area contributed by atoms with Gasteiger partial charge >= 0.3 is 5.97 Å². The standard InChI is InChI=1S/C20H30N2O6S/c1-5-27-20(24)16-9-11-21(12-10-16)19(23)14-22(29(4,25)26)17-7-6-8-18(13-17)28-15(2)3/h6-8,13,15-16H,5,9-12,14H2,1-4H3. The van der Waals surface area contributed by atoms with Gasteiger partial charge in [-0.2, -0.15) is 0 Å².